The fraction of sp³-hybridized carbons (Fsp3) is 0.382. The number of carbonyl (C=O) groups is 3. The summed E-state index contributed by atoms with van der Waals surface area (Å²) in [5.41, 5.74) is 4.84. The Hall–Kier alpha value is -4.17. The zero-order valence-corrected chi connectivity index (χ0v) is 24.1. The highest BCUT2D eigenvalue weighted by atomic mass is 16.5. The third-order valence-electron chi connectivity index (χ3n) is 8.47. The molecule has 2 aliphatic rings. The first-order valence-electron chi connectivity index (χ1n) is 14.8. The lowest BCUT2D eigenvalue weighted by atomic mass is 9.83. The Labute approximate surface area is 247 Å². The molecule has 0 aromatic heterocycles. The molecule has 3 aromatic carbocycles. The maximum Gasteiger partial charge on any atom is 0.407 e. The first kappa shape index (κ1) is 29.3. The normalized spacial score (nSPS) is 16.6. The number of ether oxygens (including phenoxy) is 1. The number of likely N-dealkylation sites (tertiary alicyclic amines) is 1. The minimum absolute atomic E-state index is 0.0819. The molecule has 1 aliphatic carbocycles. The number of carboxylic acids is 1. The van der Waals surface area contributed by atoms with Crippen molar-refractivity contribution >= 4 is 18.0 Å². The minimum atomic E-state index is -0.955. The molecule has 2 amide bonds. The lowest BCUT2D eigenvalue weighted by molar-refractivity contribution is -0.140. The van der Waals surface area contributed by atoms with Gasteiger partial charge in [-0.15, -0.1) is 0 Å². The first-order valence-corrected chi connectivity index (χ1v) is 14.8. The van der Waals surface area contributed by atoms with Crippen molar-refractivity contribution in [3.63, 3.8) is 0 Å². The second-order valence-electron chi connectivity index (χ2n) is 11.4. The number of fused-ring (bicyclic) bond motifs is 3. The first-order chi connectivity index (χ1) is 20.4. The maximum absolute atomic E-state index is 13.5. The van der Waals surface area contributed by atoms with E-state index in [4.69, 9.17) is 4.74 Å². The standard InChI is InChI=1S/C34H39N3O5/c1-2-10-30(35-33(41)42-23-29-27-15-8-6-13-25(27)26-14-7-9-16-28(26)29)32(40)36-34(21-31(38)39)17-19-37(20-18-34)22-24-11-4-3-5-12-24/h3-9,11-16,29-30H,2,10,17-23H2,1H3,(H,35,41)(H,36,40)(H,38,39)/t30-/m0/s1. The van der Waals surface area contributed by atoms with Crippen molar-refractivity contribution in [1.82, 2.24) is 15.5 Å². The van der Waals surface area contributed by atoms with Crippen molar-refractivity contribution in [2.45, 2.75) is 63.1 Å². The quantitative estimate of drug-likeness (QED) is 0.289. The molecule has 3 aromatic rings. The van der Waals surface area contributed by atoms with Gasteiger partial charge in [0.2, 0.25) is 5.91 Å². The average molecular weight is 570 g/mol. The van der Waals surface area contributed by atoms with Gasteiger partial charge in [-0.25, -0.2) is 4.79 Å². The van der Waals surface area contributed by atoms with Crippen LogP contribution in [0.4, 0.5) is 4.79 Å². The second kappa shape index (κ2) is 13.2. The number of alkyl carbamates (subject to hydrolysis) is 1. The highest BCUT2D eigenvalue weighted by molar-refractivity contribution is 5.87. The van der Waals surface area contributed by atoms with E-state index in [0.717, 1.165) is 28.8 Å². The maximum atomic E-state index is 13.5. The Morgan fingerprint density at radius 1 is 0.929 bits per heavy atom. The van der Waals surface area contributed by atoms with Gasteiger partial charge in [-0.1, -0.05) is 92.2 Å². The molecule has 1 saturated heterocycles. The number of hydrogen-bond donors (Lipinski definition) is 3. The molecule has 3 N–H and O–H groups in total. The van der Waals surface area contributed by atoms with Crippen molar-refractivity contribution in [3.8, 4) is 11.1 Å². The van der Waals surface area contributed by atoms with E-state index in [1.165, 1.54) is 5.56 Å². The van der Waals surface area contributed by atoms with Crippen LogP contribution < -0.4 is 10.6 Å². The van der Waals surface area contributed by atoms with E-state index < -0.39 is 23.6 Å². The molecule has 220 valence electrons. The minimum Gasteiger partial charge on any atom is -0.481 e. The number of amides is 2. The van der Waals surface area contributed by atoms with Crippen LogP contribution in [-0.2, 0) is 20.9 Å². The molecular formula is C34H39N3O5. The van der Waals surface area contributed by atoms with Crippen LogP contribution >= 0.6 is 0 Å². The number of aliphatic carboxylic acids is 1. The van der Waals surface area contributed by atoms with Gasteiger partial charge in [-0.3, -0.25) is 14.5 Å². The Bertz CT molecular complexity index is 1360. The summed E-state index contributed by atoms with van der Waals surface area (Å²) in [5, 5.41) is 15.5. The van der Waals surface area contributed by atoms with Gasteiger partial charge in [-0.2, -0.15) is 0 Å². The summed E-state index contributed by atoms with van der Waals surface area (Å²) < 4.78 is 5.69. The number of nitrogens with zero attached hydrogens (tertiary/aromatic N) is 1. The monoisotopic (exact) mass is 569 g/mol. The topological polar surface area (TPSA) is 108 Å². The lowest BCUT2D eigenvalue weighted by Crippen LogP contribution is -2.60. The van der Waals surface area contributed by atoms with Crippen LogP contribution in [0.3, 0.4) is 0 Å². The van der Waals surface area contributed by atoms with Crippen LogP contribution in [0.25, 0.3) is 11.1 Å². The smallest absolute Gasteiger partial charge is 0.407 e. The van der Waals surface area contributed by atoms with Crippen LogP contribution in [-0.4, -0.2) is 59.3 Å². The van der Waals surface area contributed by atoms with Crippen molar-refractivity contribution in [2.75, 3.05) is 19.7 Å². The molecule has 8 nitrogen and oxygen atoms in total. The molecule has 0 bridgehead atoms. The fourth-order valence-electron chi connectivity index (χ4n) is 6.30. The van der Waals surface area contributed by atoms with Crippen LogP contribution in [0.5, 0.6) is 0 Å². The van der Waals surface area contributed by atoms with Crippen LogP contribution in [0.15, 0.2) is 78.9 Å². The number of benzene rings is 3. The molecule has 0 unspecified atom stereocenters. The van der Waals surface area contributed by atoms with Gasteiger partial charge in [0.15, 0.2) is 0 Å². The number of carboxylic acid groups (broad SMARTS) is 1. The van der Waals surface area contributed by atoms with Gasteiger partial charge in [0, 0.05) is 25.6 Å². The molecule has 8 heteroatoms. The van der Waals surface area contributed by atoms with Gasteiger partial charge in [0.1, 0.15) is 12.6 Å². The molecule has 0 spiro atoms. The summed E-state index contributed by atoms with van der Waals surface area (Å²) in [6.45, 7) is 4.20. The lowest BCUT2D eigenvalue weighted by Gasteiger charge is -2.42. The number of piperidine rings is 1. The summed E-state index contributed by atoms with van der Waals surface area (Å²) in [6, 6.07) is 25.6. The van der Waals surface area contributed by atoms with Crippen LogP contribution in [0.1, 0.15) is 61.6 Å². The summed E-state index contributed by atoms with van der Waals surface area (Å²) in [4.78, 5) is 40.6. The van der Waals surface area contributed by atoms with Gasteiger partial charge < -0.3 is 20.5 Å². The van der Waals surface area contributed by atoms with Gasteiger partial charge in [0.05, 0.1) is 12.0 Å². The second-order valence-corrected chi connectivity index (χ2v) is 11.4. The molecule has 0 saturated carbocycles. The van der Waals surface area contributed by atoms with Gasteiger partial charge >= 0.3 is 12.1 Å². The highest BCUT2D eigenvalue weighted by Crippen LogP contribution is 2.44. The Kier molecular flexibility index (Phi) is 9.22. The molecule has 1 atom stereocenters. The fourth-order valence-corrected chi connectivity index (χ4v) is 6.30. The van der Waals surface area contributed by atoms with E-state index in [9.17, 15) is 19.5 Å². The number of carbonyl (C=O) groups excluding carboxylic acids is 2. The van der Waals surface area contributed by atoms with Crippen molar-refractivity contribution in [1.29, 1.82) is 0 Å². The number of rotatable bonds is 11. The molecule has 5 rings (SSSR count). The Morgan fingerprint density at radius 3 is 2.12 bits per heavy atom. The predicted octanol–water partition coefficient (Wildman–Crippen LogP) is 5.32. The zero-order valence-electron chi connectivity index (χ0n) is 24.1. The van der Waals surface area contributed by atoms with Gasteiger partial charge in [0.25, 0.3) is 0 Å². The van der Waals surface area contributed by atoms with E-state index >= 15 is 0 Å². The van der Waals surface area contributed by atoms with Crippen LogP contribution in [0.2, 0.25) is 0 Å². The SMILES string of the molecule is CCC[C@H](NC(=O)OCC1c2ccccc2-c2ccccc21)C(=O)NC1(CC(=O)O)CCN(Cc2ccccc2)CC1. The van der Waals surface area contributed by atoms with Crippen LogP contribution in [0, 0.1) is 0 Å². The largest absolute Gasteiger partial charge is 0.481 e. The molecule has 0 radical (unpaired) electrons. The van der Waals surface area contributed by atoms with Crippen molar-refractivity contribution < 1.29 is 24.2 Å². The van der Waals surface area contributed by atoms with Crippen molar-refractivity contribution in [3.05, 3.63) is 95.6 Å². The number of hydrogen-bond acceptors (Lipinski definition) is 5. The Morgan fingerprint density at radius 2 is 1.52 bits per heavy atom. The molecule has 42 heavy (non-hydrogen) atoms. The summed E-state index contributed by atoms with van der Waals surface area (Å²) in [7, 11) is 0. The molecule has 1 heterocycles. The van der Waals surface area contributed by atoms with E-state index in [2.05, 4.69) is 51.9 Å². The van der Waals surface area contributed by atoms with Crippen molar-refractivity contribution in [2.24, 2.45) is 0 Å². The van der Waals surface area contributed by atoms with E-state index in [0.29, 0.717) is 38.8 Å². The zero-order chi connectivity index (χ0) is 29.5. The third kappa shape index (κ3) is 6.82. The molecule has 1 aliphatic heterocycles. The third-order valence-corrected chi connectivity index (χ3v) is 8.47. The van der Waals surface area contributed by atoms with Gasteiger partial charge in [-0.05, 0) is 47.1 Å². The van der Waals surface area contributed by atoms with E-state index in [1.54, 1.807) is 0 Å². The molecular weight excluding hydrogens is 530 g/mol. The number of nitrogens with one attached hydrogen (secondary N) is 2. The Balaban J connectivity index is 1.20. The van der Waals surface area contributed by atoms with E-state index in [1.807, 2.05) is 49.4 Å². The average Bonchev–Trinajstić information content (AvgIpc) is 3.31. The summed E-state index contributed by atoms with van der Waals surface area (Å²) >= 11 is 0. The summed E-state index contributed by atoms with van der Waals surface area (Å²) in [5.74, 6) is -1.41. The van der Waals surface area contributed by atoms with E-state index in [-0.39, 0.29) is 24.9 Å². The summed E-state index contributed by atoms with van der Waals surface area (Å²) in [6.07, 6.45) is 1.29. The molecule has 1 fully saturated rings. The highest BCUT2D eigenvalue weighted by Gasteiger charge is 2.39. The predicted molar refractivity (Wildman–Crippen MR) is 161 cm³/mol.